The third-order valence-corrected chi connectivity index (χ3v) is 4.43. The Hall–Kier alpha value is -1.68. The fourth-order valence-electron chi connectivity index (χ4n) is 3.11. The largest absolute Gasteiger partial charge is 0.339 e. The quantitative estimate of drug-likeness (QED) is 0.928. The molecule has 1 aliphatic carbocycles. The summed E-state index contributed by atoms with van der Waals surface area (Å²) < 4.78 is 5.44. The zero-order valence-corrected chi connectivity index (χ0v) is 11.9. The van der Waals surface area contributed by atoms with Gasteiger partial charge in [0.2, 0.25) is 5.89 Å². The van der Waals surface area contributed by atoms with Crippen molar-refractivity contribution in [2.75, 3.05) is 6.54 Å². The summed E-state index contributed by atoms with van der Waals surface area (Å²) in [5.74, 6) is 1.60. The fourth-order valence-corrected chi connectivity index (χ4v) is 3.11. The van der Waals surface area contributed by atoms with Gasteiger partial charge in [-0.1, -0.05) is 55.3 Å². The maximum Gasteiger partial charge on any atom is 0.230 e. The molecule has 2 N–H and O–H groups in total. The molecule has 0 aliphatic heterocycles. The molecular weight excluding hydrogens is 250 g/mol. The molecule has 1 atom stereocenters. The van der Waals surface area contributed by atoms with Gasteiger partial charge < -0.3 is 10.3 Å². The Labute approximate surface area is 119 Å². The van der Waals surface area contributed by atoms with Gasteiger partial charge in [0.25, 0.3) is 0 Å². The number of hydrogen-bond acceptors (Lipinski definition) is 4. The van der Waals surface area contributed by atoms with Gasteiger partial charge in [-0.2, -0.15) is 4.98 Å². The minimum absolute atomic E-state index is 0.0721. The van der Waals surface area contributed by atoms with Crippen LogP contribution in [0.15, 0.2) is 34.9 Å². The molecule has 0 radical (unpaired) electrons. The van der Waals surface area contributed by atoms with Crippen molar-refractivity contribution < 1.29 is 4.52 Å². The molecule has 2 aromatic rings. The second-order valence-electron chi connectivity index (χ2n) is 5.75. The van der Waals surface area contributed by atoms with Gasteiger partial charge in [0.15, 0.2) is 5.82 Å². The van der Waals surface area contributed by atoms with Gasteiger partial charge in [-0.05, 0) is 18.4 Å². The molecule has 1 aromatic carbocycles. The number of nitrogens with zero attached hydrogens (tertiary/aromatic N) is 2. The topological polar surface area (TPSA) is 64.9 Å². The van der Waals surface area contributed by atoms with Crippen molar-refractivity contribution >= 4 is 0 Å². The van der Waals surface area contributed by atoms with Crippen molar-refractivity contribution in [2.45, 2.75) is 43.9 Å². The monoisotopic (exact) mass is 271 g/mol. The van der Waals surface area contributed by atoms with Gasteiger partial charge >= 0.3 is 0 Å². The van der Waals surface area contributed by atoms with E-state index in [1.807, 2.05) is 13.0 Å². The van der Waals surface area contributed by atoms with E-state index >= 15 is 0 Å². The second-order valence-corrected chi connectivity index (χ2v) is 5.75. The summed E-state index contributed by atoms with van der Waals surface area (Å²) in [6, 6.07) is 10.6. The summed E-state index contributed by atoms with van der Waals surface area (Å²) in [6.07, 6.45) is 4.61. The Morgan fingerprint density at radius 3 is 2.60 bits per heavy atom. The third-order valence-electron chi connectivity index (χ3n) is 4.43. The number of rotatable bonds is 4. The van der Waals surface area contributed by atoms with Gasteiger partial charge in [-0.15, -0.1) is 0 Å². The number of benzene rings is 1. The molecule has 1 heterocycles. The molecule has 1 saturated carbocycles. The average molecular weight is 271 g/mol. The van der Waals surface area contributed by atoms with Crippen LogP contribution in [0, 0.1) is 0 Å². The maximum atomic E-state index is 5.68. The lowest BCUT2D eigenvalue weighted by atomic mass is 9.78. The van der Waals surface area contributed by atoms with Crippen molar-refractivity contribution in [1.29, 1.82) is 0 Å². The van der Waals surface area contributed by atoms with E-state index in [0.29, 0.717) is 12.4 Å². The molecule has 1 unspecified atom stereocenters. The van der Waals surface area contributed by atoms with Gasteiger partial charge in [0, 0.05) is 12.5 Å². The highest BCUT2D eigenvalue weighted by atomic mass is 16.5. The van der Waals surface area contributed by atoms with Crippen molar-refractivity contribution in [3.8, 4) is 0 Å². The summed E-state index contributed by atoms with van der Waals surface area (Å²) in [5, 5.41) is 4.27. The zero-order valence-electron chi connectivity index (χ0n) is 11.9. The van der Waals surface area contributed by atoms with E-state index < -0.39 is 0 Å². The Kier molecular flexibility index (Phi) is 3.57. The molecule has 1 fully saturated rings. The van der Waals surface area contributed by atoms with Crippen molar-refractivity contribution in [3.05, 3.63) is 47.6 Å². The van der Waals surface area contributed by atoms with Crippen LogP contribution >= 0.6 is 0 Å². The van der Waals surface area contributed by atoms with Crippen LogP contribution in [-0.2, 0) is 5.41 Å². The molecule has 0 amide bonds. The van der Waals surface area contributed by atoms with Crippen molar-refractivity contribution in [1.82, 2.24) is 10.1 Å². The normalized spacial score (nSPS) is 19.1. The van der Waals surface area contributed by atoms with E-state index in [2.05, 4.69) is 34.4 Å². The van der Waals surface area contributed by atoms with Gasteiger partial charge in [0.05, 0.1) is 5.41 Å². The van der Waals surface area contributed by atoms with Crippen LogP contribution in [0.25, 0.3) is 0 Å². The van der Waals surface area contributed by atoms with Crippen LogP contribution in [0.1, 0.15) is 55.8 Å². The molecular formula is C16H21N3O. The summed E-state index contributed by atoms with van der Waals surface area (Å²) >= 11 is 0. The summed E-state index contributed by atoms with van der Waals surface area (Å²) in [7, 11) is 0. The average Bonchev–Trinajstić information content (AvgIpc) is 3.17. The van der Waals surface area contributed by atoms with E-state index in [1.54, 1.807) is 0 Å². The first-order valence-electron chi connectivity index (χ1n) is 7.36. The number of aromatic nitrogens is 2. The molecule has 0 spiro atoms. The Morgan fingerprint density at radius 1 is 1.25 bits per heavy atom. The van der Waals surface area contributed by atoms with Crippen molar-refractivity contribution in [3.63, 3.8) is 0 Å². The third kappa shape index (κ3) is 2.14. The van der Waals surface area contributed by atoms with E-state index in [4.69, 9.17) is 10.3 Å². The van der Waals surface area contributed by atoms with Crippen LogP contribution in [0.4, 0.5) is 0 Å². The van der Waals surface area contributed by atoms with Gasteiger partial charge in [-0.25, -0.2) is 0 Å². The second kappa shape index (κ2) is 5.37. The molecule has 20 heavy (non-hydrogen) atoms. The standard InChI is InChI=1S/C16H21N3O/c1-12(11-17)14-18-15(19-20-14)16(9-5-6-10-16)13-7-3-2-4-8-13/h2-4,7-8,12H,5-6,9-11,17H2,1H3. The highest BCUT2D eigenvalue weighted by Crippen LogP contribution is 2.45. The van der Waals surface area contributed by atoms with Crippen LogP contribution in [0.5, 0.6) is 0 Å². The molecule has 1 aliphatic rings. The lowest BCUT2D eigenvalue weighted by Crippen LogP contribution is -2.25. The van der Waals surface area contributed by atoms with Crippen LogP contribution < -0.4 is 5.73 Å². The lowest BCUT2D eigenvalue weighted by Gasteiger charge is -2.25. The smallest absolute Gasteiger partial charge is 0.230 e. The van der Waals surface area contributed by atoms with Crippen LogP contribution in [-0.4, -0.2) is 16.7 Å². The predicted molar refractivity (Wildman–Crippen MR) is 77.5 cm³/mol. The number of hydrogen-bond donors (Lipinski definition) is 1. The zero-order chi connectivity index (χ0) is 14.0. The predicted octanol–water partition coefficient (Wildman–Crippen LogP) is 2.99. The minimum atomic E-state index is -0.0721. The van der Waals surface area contributed by atoms with E-state index in [9.17, 15) is 0 Å². The van der Waals surface area contributed by atoms with Gasteiger partial charge in [-0.3, -0.25) is 0 Å². The first kappa shape index (κ1) is 13.3. The minimum Gasteiger partial charge on any atom is -0.339 e. The fraction of sp³-hybridized carbons (Fsp3) is 0.500. The molecule has 106 valence electrons. The molecule has 4 heteroatoms. The highest BCUT2D eigenvalue weighted by molar-refractivity contribution is 5.33. The molecule has 1 aromatic heterocycles. The maximum absolute atomic E-state index is 5.68. The summed E-state index contributed by atoms with van der Waals surface area (Å²) in [4.78, 5) is 4.65. The first-order valence-corrected chi connectivity index (χ1v) is 7.36. The van der Waals surface area contributed by atoms with E-state index in [0.717, 1.165) is 18.7 Å². The number of nitrogens with two attached hydrogens (primary N) is 1. The summed E-state index contributed by atoms with van der Waals surface area (Å²) in [6.45, 7) is 2.54. The van der Waals surface area contributed by atoms with E-state index in [-0.39, 0.29) is 11.3 Å². The molecule has 4 nitrogen and oxygen atoms in total. The molecule has 3 rings (SSSR count). The highest BCUT2D eigenvalue weighted by Gasteiger charge is 2.41. The molecule has 0 bridgehead atoms. The first-order chi connectivity index (χ1) is 9.76. The SMILES string of the molecule is CC(CN)c1nc(C2(c3ccccc3)CCCC2)no1. The van der Waals surface area contributed by atoms with Crippen LogP contribution in [0.3, 0.4) is 0 Å². The Bertz CT molecular complexity index is 558. The summed E-state index contributed by atoms with van der Waals surface area (Å²) in [5.41, 5.74) is 6.91. The van der Waals surface area contributed by atoms with Crippen molar-refractivity contribution in [2.24, 2.45) is 5.73 Å². The lowest BCUT2D eigenvalue weighted by molar-refractivity contribution is 0.346. The van der Waals surface area contributed by atoms with E-state index in [1.165, 1.54) is 18.4 Å². The van der Waals surface area contributed by atoms with Crippen LogP contribution in [0.2, 0.25) is 0 Å². The Balaban J connectivity index is 2.01. The molecule has 0 saturated heterocycles. The Morgan fingerprint density at radius 2 is 1.95 bits per heavy atom. The van der Waals surface area contributed by atoms with Gasteiger partial charge in [0.1, 0.15) is 0 Å².